The van der Waals surface area contributed by atoms with E-state index in [9.17, 15) is 21.6 Å². The highest BCUT2D eigenvalue weighted by atomic mass is 32.2. The van der Waals surface area contributed by atoms with Crippen molar-refractivity contribution in [1.82, 2.24) is 24.3 Å². The van der Waals surface area contributed by atoms with Gasteiger partial charge in [-0.15, -0.1) is 0 Å². The van der Waals surface area contributed by atoms with E-state index < -0.39 is 21.9 Å². The molecule has 1 N–H and O–H groups in total. The number of alkyl halides is 3. The molecule has 0 radical (unpaired) electrons. The van der Waals surface area contributed by atoms with Crippen LogP contribution in [0.25, 0.3) is 0 Å². The fraction of sp³-hybridized carbons (Fsp3) is 0.625. The lowest BCUT2D eigenvalue weighted by molar-refractivity contribution is -0.141. The zero-order valence-electron chi connectivity index (χ0n) is 15.7. The number of aryl methyl sites for hydroxylation is 3. The Kier molecular flexibility index (Phi) is 6.35. The van der Waals surface area contributed by atoms with Gasteiger partial charge in [0.15, 0.2) is 5.69 Å². The molecule has 0 unspecified atom stereocenters. The third-order valence-electron chi connectivity index (χ3n) is 4.31. The fourth-order valence-electron chi connectivity index (χ4n) is 2.86. The summed E-state index contributed by atoms with van der Waals surface area (Å²) in [6.07, 6.45) is -2.21. The van der Waals surface area contributed by atoms with Crippen LogP contribution in [-0.4, -0.2) is 34.5 Å². The summed E-state index contributed by atoms with van der Waals surface area (Å²) in [6.45, 7) is 7.47. The summed E-state index contributed by atoms with van der Waals surface area (Å²) >= 11 is 0. The van der Waals surface area contributed by atoms with Gasteiger partial charge in [0.2, 0.25) is 10.0 Å². The van der Waals surface area contributed by atoms with Crippen molar-refractivity contribution in [3.8, 4) is 0 Å². The molecule has 0 saturated heterocycles. The van der Waals surface area contributed by atoms with Crippen LogP contribution < -0.4 is 4.72 Å². The molecule has 2 heterocycles. The highest BCUT2D eigenvalue weighted by Gasteiger charge is 2.35. The van der Waals surface area contributed by atoms with Gasteiger partial charge in [-0.1, -0.05) is 6.92 Å². The highest BCUT2D eigenvalue weighted by Crippen LogP contribution is 2.30. The lowest BCUT2D eigenvalue weighted by Gasteiger charge is -2.18. The number of aromatic nitrogens is 4. The third-order valence-corrected chi connectivity index (χ3v) is 5.88. The van der Waals surface area contributed by atoms with E-state index in [1.54, 1.807) is 13.8 Å². The summed E-state index contributed by atoms with van der Waals surface area (Å²) in [6, 6.07) is 0.651. The second-order valence-electron chi connectivity index (χ2n) is 6.30. The minimum atomic E-state index is -4.51. The van der Waals surface area contributed by atoms with Crippen LogP contribution in [0.15, 0.2) is 17.2 Å². The Morgan fingerprint density at radius 2 is 1.89 bits per heavy atom. The summed E-state index contributed by atoms with van der Waals surface area (Å²) in [5.74, 6) is 0. The van der Waals surface area contributed by atoms with Crippen molar-refractivity contribution >= 4 is 10.0 Å². The first-order chi connectivity index (χ1) is 12.5. The van der Waals surface area contributed by atoms with Crippen LogP contribution in [0.1, 0.15) is 49.8 Å². The number of nitrogens with zero attached hydrogens (tertiary/aromatic N) is 4. The van der Waals surface area contributed by atoms with Crippen molar-refractivity contribution in [1.29, 1.82) is 0 Å². The van der Waals surface area contributed by atoms with Gasteiger partial charge in [0, 0.05) is 25.0 Å². The first-order valence-corrected chi connectivity index (χ1v) is 10.1. The molecule has 0 aromatic carbocycles. The molecule has 2 aromatic heterocycles. The molecule has 152 valence electrons. The summed E-state index contributed by atoms with van der Waals surface area (Å²) in [7, 11) is -3.74. The van der Waals surface area contributed by atoms with E-state index in [-0.39, 0.29) is 17.5 Å². The largest absolute Gasteiger partial charge is 0.435 e. The predicted molar refractivity (Wildman–Crippen MR) is 93.7 cm³/mol. The van der Waals surface area contributed by atoms with E-state index in [0.717, 1.165) is 6.07 Å². The van der Waals surface area contributed by atoms with Crippen LogP contribution in [0.4, 0.5) is 13.2 Å². The molecular weight excluding hydrogens is 383 g/mol. The maximum Gasteiger partial charge on any atom is 0.435 e. The monoisotopic (exact) mass is 407 g/mol. The molecule has 11 heteroatoms. The van der Waals surface area contributed by atoms with Crippen LogP contribution in [0, 0.1) is 13.8 Å². The first-order valence-electron chi connectivity index (χ1n) is 8.66. The van der Waals surface area contributed by atoms with Crippen LogP contribution in [0.3, 0.4) is 0 Å². The Morgan fingerprint density at radius 3 is 2.37 bits per heavy atom. The average molecular weight is 407 g/mol. The zero-order valence-corrected chi connectivity index (χ0v) is 16.5. The second-order valence-corrected chi connectivity index (χ2v) is 8.03. The van der Waals surface area contributed by atoms with E-state index in [2.05, 4.69) is 14.9 Å². The van der Waals surface area contributed by atoms with Gasteiger partial charge in [0.05, 0.1) is 11.7 Å². The Hall–Kier alpha value is -1.88. The van der Waals surface area contributed by atoms with Crippen molar-refractivity contribution in [3.05, 3.63) is 29.3 Å². The van der Waals surface area contributed by atoms with Gasteiger partial charge in [0.1, 0.15) is 4.90 Å². The van der Waals surface area contributed by atoms with Gasteiger partial charge >= 0.3 is 6.18 Å². The summed E-state index contributed by atoms with van der Waals surface area (Å²) < 4.78 is 68.8. The van der Waals surface area contributed by atoms with Crippen LogP contribution >= 0.6 is 0 Å². The van der Waals surface area contributed by atoms with Gasteiger partial charge in [-0.05, 0) is 39.7 Å². The maximum atomic E-state index is 12.8. The number of sulfonamides is 1. The molecular formula is C16H24F3N5O2S. The van der Waals surface area contributed by atoms with E-state index in [4.69, 9.17) is 0 Å². The van der Waals surface area contributed by atoms with E-state index in [1.807, 2.05) is 13.8 Å². The van der Waals surface area contributed by atoms with Gasteiger partial charge in [-0.3, -0.25) is 9.36 Å². The van der Waals surface area contributed by atoms with Gasteiger partial charge in [0.25, 0.3) is 0 Å². The zero-order chi connectivity index (χ0) is 20.4. The Labute approximate surface area is 156 Å². The lowest BCUT2D eigenvalue weighted by atomic mass is 10.1. The molecule has 2 aromatic rings. The Morgan fingerprint density at radius 1 is 1.22 bits per heavy atom. The first kappa shape index (κ1) is 21.4. The molecule has 0 amide bonds. The van der Waals surface area contributed by atoms with Crippen LogP contribution in [0.2, 0.25) is 0 Å². The van der Waals surface area contributed by atoms with Gasteiger partial charge in [-0.2, -0.15) is 23.4 Å². The molecule has 27 heavy (non-hydrogen) atoms. The van der Waals surface area contributed by atoms with E-state index in [1.165, 1.54) is 15.6 Å². The number of hydrogen-bond donors (Lipinski definition) is 1. The van der Waals surface area contributed by atoms with Gasteiger partial charge in [-0.25, -0.2) is 13.1 Å². The average Bonchev–Trinajstić information content (AvgIpc) is 3.14. The molecule has 2 rings (SSSR count). The Bertz CT molecular complexity index is 886. The molecule has 0 bridgehead atoms. The minimum absolute atomic E-state index is 0.0816. The Balaban J connectivity index is 2.08. The highest BCUT2D eigenvalue weighted by molar-refractivity contribution is 7.89. The molecule has 0 saturated carbocycles. The summed E-state index contributed by atoms with van der Waals surface area (Å²) in [5, 5.41) is 7.77. The summed E-state index contributed by atoms with van der Waals surface area (Å²) in [4.78, 5) is 0.104. The lowest BCUT2D eigenvalue weighted by Crippen LogP contribution is -2.27. The minimum Gasteiger partial charge on any atom is -0.271 e. The van der Waals surface area contributed by atoms with E-state index in [0.29, 0.717) is 30.8 Å². The van der Waals surface area contributed by atoms with Crippen LogP contribution in [-0.2, 0) is 22.7 Å². The SMILES string of the molecule is CC[C@@H](CCNS(=O)(=O)c1cn(CC)nc1C)n1nc(C(F)(F)F)cc1C. The standard InChI is InChI=1S/C16H24F3N5O2S/c1-5-13(24-11(3)9-15(22-24)16(17,18)19)7-8-20-27(25,26)14-10-23(6-2)21-12(14)4/h9-10,13,20H,5-8H2,1-4H3/t13-/m0/s1. The van der Waals surface area contributed by atoms with Crippen molar-refractivity contribution in [2.24, 2.45) is 0 Å². The van der Waals surface area contributed by atoms with Crippen LogP contribution in [0.5, 0.6) is 0 Å². The molecule has 0 aliphatic heterocycles. The number of halogens is 3. The van der Waals surface area contributed by atoms with Gasteiger partial charge < -0.3 is 0 Å². The molecule has 0 spiro atoms. The fourth-order valence-corrected chi connectivity index (χ4v) is 4.09. The molecule has 0 aliphatic rings. The third kappa shape index (κ3) is 4.89. The molecule has 0 fully saturated rings. The number of nitrogens with one attached hydrogen (secondary N) is 1. The number of hydrogen-bond acceptors (Lipinski definition) is 4. The smallest absolute Gasteiger partial charge is 0.271 e. The van der Waals surface area contributed by atoms with Crippen molar-refractivity contribution in [3.63, 3.8) is 0 Å². The maximum absolute atomic E-state index is 12.8. The quantitative estimate of drug-likeness (QED) is 0.729. The summed E-state index contributed by atoms with van der Waals surface area (Å²) in [5.41, 5.74) is -0.159. The molecule has 1 atom stereocenters. The topological polar surface area (TPSA) is 81.8 Å². The van der Waals surface area contributed by atoms with Crippen molar-refractivity contribution in [2.75, 3.05) is 6.54 Å². The molecule has 0 aliphatic carbocycles. The second kappa shape index (κ2) is 8.01. The predicted octanol–water partition coefficient (Wildman–Crippen LogP) is 3.05. The van der Waals surface area contributed by atoms with Crippen molar-refractivity contribution < 1.29 is 21.6 Å². The van der Waals surface area contributed by atoms with E-state index >= 15 is 0 Å². The van der Waals surface area contributed by atoms with Crippen molar-refractivity contribution in [2.45, 2.75) is 64.2 Å². The molecule has 7 nitrogen and oxygen atoms in total. The number of rotatable bonds is 8. The normalized spacial score (nSPS) is 13.9.